The van der Waals surface area contributed by atoms with Gasteiger partial charge in [0, 0.05) is 31.4 Å². The van der Waals surface area contributed by atoms with Crippen molar-refractivity contribution in [2.45, 2.75) is 39.2 Å². The van der Waals surface area contributed by atoms with Crippen LogP contribution in [0.15, 0.2) is 23.2 Å². The fourth-order valence-electron chi connectivity index (χ4n) is 3.26. The van der Waals surface area contributed by atoms with Crippen LogP contribution in [0.25, 0.3) is 0 Å². The first-order valence-corrected chi connectivity index (χ1v) is 9.24. The molecule has 1 heterocycles. The largest absolute Gasteiger partial charge is 0.493 e. The molecule has 1 aliphatic heterocycles. The summed E-state index contributed by atoms with van der Waals surface area (Å²) in [5.74, 6) is 2.24. The highest BCUT2D eigenvalue weighted by molar-refractivity contribution is 14.0. The van der Waals surface area contributed by atoms with Crippen LogP contribution < -0.4 is 20.1 Å². The molecule has 1 saturated heterocycles. The summed E-state index contributed by atoms with van der Waals surface area (Å²) < 4.78 is 11.0. The van der Waals surface area contributed by atoms with Crippen molar-refractivity contribution in [1.82, 2.24) is 10.2 Å². The predicted molar refractivity (Wildman–Crippen MR) is 119 cm³/mol. The highest BCUT2D eigenvalue weighted by Gasteiger charge is 2.20. The zero-order chi connectivity index (χ0) is 18.1. The van der Waals surface area contributed by atoms with Gasteiger partial charge in [-0.05, 0) is 45.0 Å². The Morgan fingerprint density at radius 1 is 1.27 bits per heavy atom. The highest BCUT2D eigenvalue weighted by Crippen LogP contribution is 2.30. The maximum absolute atomic E-state index is 5.56. The van der Waals surface area contributed by atoms with Gasteiger partial charge in [0.1, 0.15) is 0 Å². The summed E-state index contributed by atoms with van der Waals surface area (Å²) in [6.45, 7) is 8.02. The lowest BCUT2D eigenvalue weighted by molar-refractivity contribution is 0.157. The van der Waals surface area contributed by atoms with E-state index in [1.165, 1.54) is 25.8 Å². The smallest absolute Gasteiger partial charge is 0.195 e. The summed E-state index contributed by atoms with van der Waals surface area (Å²) in [5, 5.41) is 6.78. The van der Waals surface area contributed by atoms with E-state index in [-0.39, 0.29) is 24.0 Å². The van der Waals surface area contributed by atoms with E-state index in [1.807, 2.05) is 25.1 Å². The molecule has 26 heavy (non-hydrogen) atoms. The standard InChI is InChI=1S/C19H32N4O2.HI/c1-5-23-12-8-7-9-16(23)14-21-19(20-3)22-15-10-11-17(25-6-2)18(13-15)24-4;/h10-11,13,16H,5-9,12,14H2,1-4H3,(H2,20,21,22);1H. The molecule has 0 aromatic heterocycles. The fraction of sp³-hybridized carbons (Fsp3) is 0.632. The topological polar surface area (TPSA) is 58.1 Å². The Hall–Kier alpha value is -1.22. The van der Waals surface area contributed by atoms with Gasteiger partial charge in [-0.15, -0.1) is 24.0 Å². The summed E-state index contributed by atoms with van der Waals surface area (Å²) in [6.07, 6.45) is 3.86. The number of hydrogen-bond acceptors (Lipinski definition) is 4. The Labute approximate surface area is 174 Å². The first-order chi connectivity index (χ1) is 12.2. The number of ether oxygens (including phenoxy) is 2. The van der Waals surface area contributed by atoms with Crippen LogP contribution in [0, 0.1) is 0 Å². The molecule has 0 radical (unpaired) electrons. The van der Waals surface area contributed by atoms with Crippen molar-refractivity contribution in [3.8, 4) is 11.5 Å². The number of methoxy groups -OCH3 is 1. The molecule has 0 saturated carbocycles. The number of anilines is 1. The summed E-state index contributed by atoms with van der Waals surface area (Å²) in [5.41, 5.74) is 0.921. The Kier molecular flexibility index (Phi) is 10.7. The zero-order valence-electron chi connectivity index (χ0n) is 16.4. The van der Waals surface area contributed by atoms with E-state index in [0.29, 0.717) is 18.4 Å². The van der Waals surface area contributed by atoms with Crippen molar-refractivity contribution in [3.05, 3.63) is 18.2 Å². The monoisotopic (exact) mass is 476 g/mol. The Bertz CT molecular complexity index is 568. The van der Waals surface area contributed by atoms with Crippen LogP contribution in [-0.2, 0) is 0 Å². The molecule has 2 N–H and O–H groups in total. The number of aliphatic imine (C=N–C) groups is 1. The summed E-state index contributed by atoms with van der Waals surface area (Å²) >= 11 is 0. The number of halogens is 1. The van der Waals surface area contributed by atoms with Crippen molar-refractivity contribution in [2.75, 3.05) is 45.7 Å². The molecule has 0 bridgehead atoms. The van der Waals surface area contributed by atoms with Crippen LogP contribution in [0.3, 0.4) is 0 Å². The molecule has 1 aromatic carbocycles. The van der Waals surface area contributed by atoms with E-state index in [0.717, 1.165) is 30.5 Å². The van der Waals surface area contributed by atoms with Crippen LogP contribution in [-0.4, -0.2) is 57.3 Å². The fourth-order valence-corrected chi connectivity index (χ4v) is 3.26. The van der Waals surface area contributed by atoms with Gasteiger partial charge in [0.15, 0.2) is 17.5 Å². The van der Waals surface area contributed by atoms with Crippen molar-refractivity contribution in [1.29, 1.82) is 0 Å². The van der Waals surface area contributed by atoms with E-state index in [1.54, 1.807) is 14.2 Å². The lowest BCUT2D eigenvalue weighted by Crippen LogP contribution is -2.47. The molecule has 148 valence electrons. The zero-order valence-corrected chi connectivity index (χ0v) is 18.7. The van der Waals surface area contributed by atoms with E-state index in [9.17, 15) is 0 Å². The molecule has 6 nitrogen and oxygen atoms in total. The number of likely N-dealkylation sites (tertiary alicyclic amines) is 1. The van der Waals surface area contributed by atoms with Gasteiger partial charge in [0.05, 0.1) is 13.7 Å². The SMILES string of the molecule is CCOc1ccc(NC(=NC)NCC2CCCCN2CC)cc1OC.I. The third kappa shape index (κ3) is 6.50. The second-order valence-electron chi connectivity index (χ2n) is 6.15. The van der Waals surface area contributed by atoms with Crippen molar-refractivity contribution in [2.24, 2.45) is 4.99 Å². The average Bonchev–Trinajstić information content (AvgIpc) is 2.66. The number of likely N-dealkylation sites (N-methyl/N-ethyl adjacent to an activating group) is 1. The predicted octanol–water partition coefficient (Wildman–Crippen LogP) is 3.57. The molecular weight excluding hydrogens is 443 g/mol. The molecule has 7 heteroatoms. The molecule has 0 aliphatic carbocycles. The lowest BCUT2D eigenvalue weighted by atomic mass is 10.0. The Morgan fingerprint density at radius 2 is 2.08 bits per heavy atom. The molecule has 1 unspecified atom stereocenters. The first-order valence-electron chi connectivity index (χ1n) is 9.24. The van der Waals surface area contributed by atoms with E-state index < -0.39 is 0 Å². The number of piperidine rings is 1. The summed E-state index contributed by atoms with van der Waals surface area (Å²) in [4.78, 5) is 6.88. The molecule has 0 amide bonds. The number of guanidine groups is 1. The third-order valence-electron chi connectivity index (χ3n) is 4.61. The molecule has 1 atom stereocenters. The van der Waals surface area contributed by atoms with Crippen LogP contribution in [0.2, 0.25) is 0 Å². The van der Waals surface area contributed by atoms with E-state index >= 15 is 0 Å². The maximum Gasteiger partial charge on any atom is 0.195 e. The van der Waals surface area contributed by atoms with Gasteiger partial charge in [-0.2, -0.15) is 0 Å². The molecule has 1 aliphatic rings. The molecule has 2 rings (SSSR count). The van der Waals surface area contributed by atoms with Gasteiger partial charge < -0.3 is 20.1 Å². The first kappa shape index (κ1) is 22.8. The highest BCUT2D eigenvalue weighted by atomic mass is 127. The number of rotatable bonds is 7. The summed E-state index contributed by atoms with van der Waals surface area (Å²) in [6, 6.07) is 6.39. The average molecular weight is 476 g/mol. The van der Waals surface area contributed by atoms with Gasteiger partial charge in [-0.3, -0.25) is 9.89 Å². The van der Waals surface area contributed by atoms with Gasteiger partial charge >= 0.3 is 0 Å². The van der Waals surface area contributed by atoms with Crippen LogP contribution in [0.1, 0.15) is 33.1 Å². The van der Waals surface area contributed by atoms with Crippen LogP contribution in [0.5, 0.6) is 11.5 Å². The minimum atomic E-state index is 0. The van der Waals surface area contributed by atoms with Gasteiger partial charge in [-0.1, -0.05) is 13.3 Å². The van der Waals surface area contributed by atoms with Crippen molar-refractivity contribution in [3.63, 3.8) is 0 Å². The molecular formula is C19H33IN4O2. The number of hydrogen-bond donors (Lipinski definition) is 2. The number of nitrogens with zero attached hydrogens (tertiary/aromatic N) is 2. The van der Waals surface area contributed by atoms with Crippen LogP contribution >= 0.6 is 24.0 Å². The van der Waals surface area contributed by atoms with E-state index in [2.05, 4.69) is 27.4 Å². The minimum Gasteiger partial charge on any atom is -0.493 e. The Balaban J connectivity index is 0.00000338. The second kappa shape index (κ2) is 12.2. The number of benzene rings is 1. The normalized spacial score (nSPS) is 18.0. The molecule has 1 aromatic rings. The van der Waals surface area contributed by atoms with Gasteiger partial charge in [0.2, 0.25) is 0 Å². The number of nitrogens with one attached hydrogen (secondary N) is 2. The minimum absolute atomic E-state index is 0. The van der Waals surface area contributed by atoms with Crippen molar-refractivity contribution >= 4 is 35.6 Å². The quantitative estimate of drug-likeness (QED) is 0.358. The molecule has 0 spiro atoms. The summed E-state index contributed by atoms with van der Waals surface area (Å²) in [7, 11) is 3.44. The Morgan fingerprint density at radius 3 is 2.73 bits per heavy atom. The molecule has 1 fully saturated rings. The maximum atomic E-state index is 5.56. The lowest BCUT2D eigenvalue weighted by Gasteiger charge is -2.35. The van der Waals surface area contributed by atoms with E-state index in [4.69, 9.17) is 9.47 Å². The third-order valence-corrected chi connectivity index (χ3v) is 4.61. The van der Waals surface area contributed by atoms with Gasteiger partial charge in [0.25, 0.3) is 0 Å². The van der Waals surface area contributed by atoms with Crippen LogP contribution in [0.4, 0.5) is 5.69 Å². The van der Waals surface area contributed by atoms with Gasteiger partial charge in [-0.25, -0.2) is 0 Å². The van der Waals surface area contributed by atoms with Crippen molar-refractivity contribution < 1.29 is 9.47 Å². The second-order valence-corrected chi connectivity index (χ2v) is 6.15.